The Labute approximate surface area is 118 Å². The molecule has 2 rings (SSSR count). The zero-order chi connectivity index (χ0) is 15.6. The summed E-state index contributed by atoms with van der Waals surface area (Å²) in [6.45, 7) is 1.49. The van der Waals surface area contributed by atoms with Crippen molar-refractivity contribution in [3.8, 4) is 0 Å². The number of hydrogen-bond acceptors (Lipinski definition) is 3. The van der Waals surface area contributed by atoms with E-state index in [0.717, 1.165) is 18.2 Å². The molecular weight excluding hydrogens is 282 g/mol. The van der Waals surface area contributed by atoms with Gasteiger partial charge in [0, 0.05) is 12.1 Å². The van der Waals surface area contributed by atoms with Crippen molar-refractivity contribution < 1.29 is 18.5 Å². The van der Waals surface area contributed by atoms with Crippen LogP contribution in [0.1, 0.15) is 15.9 Å². The summed E-state index contributed by atoms with van der Waals surface area (Å²) in [4.78, 5) is 21.8. The number of nitro benzene ring substituents is 1. The second-order valence-electron chi connectivity index (χ2n) is 4.31. The normalized spacial score (nSPS) is 10.2. The third-order valence-electron chi connectivity index (χ3n) is 2.85. The van der Waals surface area contributed by atoms with Gasteiger partial charge in [-0.2, -0.15) is 0 Å². The van der Waals surface area contributed by atoms with Gasteiger partial charge >= 0.3 is 0 Å². The molecule has 0 aliphatic rings. The molecule has 0 unspecified atom stereocenters. The fourth-order valence-corrected chi connectivity index (χ4v) is 1.74. The van der Waals surface area contributed by atoms with Crippen molar-refractivity contribution in [3.63, 3.8) is 0 Å². The molecule has 0 saturated carbocycles. The van der Waals surface area contributed by atoms with Crippen LogP contribution in [-0.4, -0.2) is 10.8 Å². The van der Waals surface area contributed by atoms with Gasteiger partial charge in [0.2, 0.25) is 0 Å². The number of aryl methyl sites for hydroxylation is 1. The van der Waals surface area contributed by atoms with Crippen molar-refractivity contribution in [1.82, 2.24) is 0 Å². The van der Waals surface area contributed by atoms with Gasteiger partial charge < -0.3 is 5.32 Å². The second-order valence-corrected chi connectivity index (χ2v) is 4.31. The number of halogens is 2. The molecule has 21 heavy (non-hydrogen) atoms. The fourth-order valence-electron chi connectivity index (χ4n) is 1.74. The topological polar surface area (TPSA) is 72.2 Å². The van der Waals surface area contributed by atoms with E-state index in [1.807, 2.05) is 0 Å². The molecule has 0 saturated heterocycles. The van der Waals surface area contributed by atoms with Crippen LogP contribution in [0.15, 0.2) is 36.4 Å². The zero-order valence-electron chi connectivity index (χ0n) is 10.9. The lowest BCUT2D eigenvalue weighted by atomic mass is 10.1. The Hall–Kier alpha value is -2.83. The maximum atomic E-state index is 13.8. The highest BCUT2D eigenvalue weighted by Crippen LogP contribution is 2.22. The van der Waals surface area contributed by atoms with Gasteiger partial charge in [0.15, 0.2) is 0 Å². The lowest BCUT2D eigenvalue weighted by molar-refractivity contribution is -0.384. The largest absolute Gasteiger partial charge is 0.319 e. The summed E-state index contributed by atoms with van der Waals surface area (Å²) < 4.78 is 27.4. The van der Waals surface area contributed by atoms with E-state index >= 15 is 0 Å². The quantitative estimate of drug-likeness (QED) is 0.695. The van der Waals surface area contributed by atoms with Crippen LogP contribution in [0.4, 0.5) is 20.2 Å². The number of rotatable bonds is 3. The minimum atomic E-state index is -0.879. The van der Waals surface area contributed by atoms with Crippen LogP contribution in [0, 0.1) is 28.7 Å². The average Bonchev–Trinajstić information content (AvgIpc) is 2.43. The van der Waals surface area contributed by atoms with E-state index in [1.165, 1.54) is 25.1 Å². The highest BCUT2D eigenvalue weighted by Gasteiger charge is 2.17. The molecule has 0 bridgehead atoms. The van der Waals surface area contributed by atoms with Gasteiger partial charge in [-0.1, -0.05) is 12.1 Å². The summed E-state index contributed by atoms with van der Waals surface area (Å²) in [6.07, 6.45) is 0. The van der Waals surface area contributed by atoms with E-state index in [2.05, 4.69) is 5.32 Å². The van der Waals surface area contributed by atoms with Crippen molar-refractivity contribution in [2.24, 2.45) is 0 Å². The van der Waals surface area contributed by atoms with E-state index in [-0.39, 0.29) is 22.5 Å². The Morgan fingerprint density at radius 2 is 1.95 bits per heavy atom. The number of hydrogen-bond donors (Lipinski definition) is 1. The van der Waals surface area contributed by atoms with Crippen LogP contribution >= 0.6 is 0 Å². The Balaban J connectivity index is 2.33. The van der Waals surface area contributed by atoms with Crippen LogP contribution < -0.4 is 5.32 Å². The monoisotopic (exact) mass is 292 g/mol. The van der Waals surface area contributed by atoms with Gasteiger partial charge in [0.05, 0.1) is 16.2 Å². The Kier molecular flexibility index (Phi) is 3.93. The lowest BCUT2D eigenvalue weighted by Crippen LogP contribution is -2.15. The summed E-state index contributed by atoms with van der Waals surface area (Å²) >= 11 is 0. The number of nitrogens with one attached hydrogen (secondary N) is 1. The molecule has 0 aromatic heterocycles. The molecule has 0 heterocycles. The summed E-state index contributed by atoms with van der Waals surface area (Å²) in [5.41, 5.74) is -0.755. The number of anilines is 1. The van der Waals surface area contributed by atoms with Gasteiger partial charge in [-0.25, -0.2) is 8.78 Å². The number of carbonyl (C=O) groups excluding carboxylic acids is 1. The average molecular weight is 292 g/mol. The molecule has 0 radical (unpaired) electrons. The number of amides is 1. The number of carbonyl (C=O) groups is 1. The highest BCUT2D eigenvalue weighted by molar-refractivity contribution is 6.04. The van der Waals surface area contributed by atoms with Crippen molar-refractivity contribution in [2.45, 2.75) is 6.92 Å². The highest BCUT2D eigenvalue weighted by atomic mass is 19.1. The van der Waals surface area contributed by atoms with Gasteiger partial charge in [-0.3, -0.25) is 14.9 Å². The molecule has 108 valence electrons. The molecule has 0 atom stereocenters. The summed E-state index contributed by atoms with van der Waals surface area (Å²) in [7, 11) is 0. The first-order valence-corrected chi connectivity index (χ1v) is 5.90. The van der Waals surface area contributed by atoms with E-state index in [0.29, 0.717) is 0 Å². The third kappa shape index (κ3) is 3.02. The maximum Gasteiger partial charge on any atom is 0.271 e. The van der Waals surface area contributed by atoms with E-state index in [1.54, 1.807) is 0 Å². The molecule has 1 N–H and O–H groups in total. The van der Waals surface area contributed by atoms with Crippen molar-refractivity contribution in [1.29, 1.82) is 0 Å². The van der Waals surface area contributed by atoms with Gasteiger partial charge in [-0.15, -0.1) is 0 Å². The standard InChI is InChI=1S/C14H10F2N2O3/c1-8-3-2-4-10(13(8)16)14(19)17-12-7-9(18(20)21)5-6-11(12)15/h2-7H,1H3,(H,17,19). The van der Waals surface area contributed by atoms with Crippen LogP contribution in [0.2, 0.25) is 0 Å². The minimum Gasteiger partial charge on any atom is -0.319 e. The first kappa shape index (κ1) is 14.6. The molecule has 7 heteroatoms. The van der Waals surface area contributed by atoms with Crippen molar-refractivity contribution in [3.05, 3.63) is 69.3 Å². The molecule has 5 nitrogen and oxygen atoms in total. The second kappa shape index (κ2) is 5.66. The predicted molar refractivity (Wildman–Crippen MR) is 72.1 cm³/mol. The summed E-state index contributed by atoms with van der Waals surface area (Å²) in [6, 6.07) is 6.92. The SMILES string of the molecule is Cc1cccc(C(=O)Nc2cc([N+](=O)[O-])ccc2F)c1F. The number of nitrogens with zero attached hydrogens (tertiary/aromatic N) is 1. The Morgan fingerprint density at radius 3 is 2.62 bits per heavy atom. The van der Waals surface area contributed by atoms with E-state index in [9.17, 15) is 23.7 Å². The molecular formula is C14H10F2N2O3. The Bertz CT molecular complexity index is 732. The molecule has 0 aliphatic carbocycles. The van der Waals surface area contributed by atoms with Crippen LogP contribution in [-0.2, 0) is 0 Å². The smallest absolute Gasteiger partial charge is 0.271 e. The zero-order valence-corrected chi connectivity index (χ0v) is 10.9. The van der Waals surface area contributed by atoms with Crippen molar-refractivity contribution >= 4 is 17.3 Å². The van der Waals surface area contributed by atoms with E-state index < -0.39 is 22.5 Å². The van der Waals surface area contributed by atoms with Crippen LogP contribution in [0.25, 0.3) is 0 Å². The minimum absolute atomic E-state index is 0.263. The van der Waals surface area contributed by atoms with Gasteiger partial charge in [-0.05, 0) is 24.6 Å². The molecule has 0 spiro atoms. The third-order valence-corrected chi connectivity index (χ3v) is 2.85. The first-order valence-electron chi connectivity index (χ1n) is 5.90. The maximum absolute atomic E-state index is 13.8. The summed E-state index contributed by atoms with van der Waals surface area (Å²) in [5.74, 6) is -2.45. The molecule has 1 amide bonds. The van der Waals surface area contributed by atoms with Crippen LogP contribution in [0.5, 0.6) is 0 Å². The lowest BCUT2D eigenvalue weighted by Gasteiger charge is -2.08. The fraction of sp³-hybridized carbons (Fsp3) is 0.0714. The molecule has 2 aromatic rings. The first-order chi connectivity index (χ1) is 9.90. The Morgan fingerprint density at radius 1 is 1.24 bits per heavy atom. The molecule has 0 fully saturated rings. The predicted octanol–water partition coefficient (Wildman–Crippen LogP) is 3.43. The van der Waals surface area contributed by atoms with Gasteiger partial charge in [0.25, 0.3) is 11.6 Å². The number of nitro groups is 1. The van der Waals surface area contributed by atoms with Crippen molar-refractivity contribution in [2.75, 3.05) is 5.32 Å². The van der Waals surface area contributed by atoms with Gasteiger partial charge in [0.1, 0.15) is 11.6 Å². The van der Waals surface area contributed by atoms with Crippen LogP contribution in [0.3, 0.4) is 0 Å². The number of benzene rings is 2. The summed E-state index contributed by atoms with van der Waals surface area (Å²) in [5, 5.41) is 12.8. The molecule has 2 aromatic carbocycles. The van der Waals surface area contributed by atoms with E-state index in [4.69, 9.17) is 0 Å². The number of non-ortho nitro benzene ring substituents is 1. The molecule has 0 aliphatic heterocycles.